The first-order valence-corrected chi connectivity index (χ1v) is 9.96. The lowest BCUT2D eigenvalue weighted by Crippen LogP contribution is -2.31. The Balaban J connectivity index is 1.95. The second-order valence-electron chi connectivity index (χ2n) is 7.52. The predicted molar refractivity (Wildman–Crippen MR) is 116 cm³/mol. The van der Waals surface area contributed by atoms with Crippen LogP contribution in [0.15, 0.2) is 59.8 Å². The molecule has 1 N–H and O–H groups in total. The van der Waals surface area contributed by atoms with Crippen molar-refractivity contribution in [3.8, 4) is 12.1 Å². The molecule has 1 amide bonds. The molecule has 11 heteroatoms. The maximum absolute atomic E-state index is 13.4. The van der Waals surface area contributed by atoms with E-state index in [0.717, 1.165) is 12.1 Å². The van der Waals surface area contributed by atoms with Crippen LogP contribution in [-0.2, 0) is 11.0 Å². The van der Waals surface area contributed by atoms with Crippen LogP contribution in [0.4, 0.5) is 30.8 Å². The Morgan fingerprint density at radius 3 is 2.41 bits per heavy atom. The number of fused-ring (bicyclic) bond motifs is 1. The van der Waals surface area contributed by atoms with Crippen LogP contribution in [0.1, 0.15) is 36.6 Å². The number of nitriles is 2. The minimum absolute atomic E-state index is 0.0552. The van der Waals surface area contributed by atoms with E-state index in [1.165, 1.54) is 28.6 Å². The molecule has 2 heterocycles. The average molecular weight is 463 g/mol. The molecule has 1 atom stereocenters. The second kappa shape index (κ2) is 8.37. The van der Waals surface area contributed by atoms with Gasteiger partial charge in [-0.05, 0) is 48.4 Å². The van der Waals surface area contributed by atoms with Gasteiger partial charge in [0.05, 0.1) is 22.9 Å². The molecule has 1 aliphatic heterocycles. The van der Waals surface area contributed by atoms with Gasteiger partial charge < -0.3 is 0 Å². The van der Waals surface area contributed by atoms with Crippen LogP contribution in [-0.4, -0.2) is 20.7 Å². The molecule has 0 radical (unpaired) electrons. The Bertz CT molecular complexity index is 1390. The molecule has 0 spiro atoms. The van der Waals surface area contributed by atoms with Gasteiger partial charge in [0.2, 0.25) is 11.9 Å². The molecule has 8 nitrogen and oxygen atoms in total. The molecule has 170 valence electrons. The minimum Gasteiger partial charge on any atom is -0.293 e. The molecule has 0 saturated carbocycles. The first kappa shape index (κ1) is 22.6. The Hall–Kier alpha value is -4.64. The monoisotopic (exact) mass is 463 g/mol. The Morgan fingerprint density at radius 2 is 1.82 bits per heavy atom. The van der Waals surface area contributed by atoms with Crippen LogP contribution in [0.3, 0.4) is 0 Å². The van der Waals surface area contributed by atoms with Crippen molar-refractivity contribution in [1.29, 1.82) is 10.5 Å². The fraction of sp³-hybridized carbons (Fsp3) is 0.174. The van der Waals surface area contributed by atoms with E-state index < -0.39 is 23.7 Å². The van der Waals surface area contributed by atoms with Crippen molar-refractivity contribution in [3.05, 3.63) is 76.5 Å². The zero-order valence-corrected chi connectivity index (χ0v) is 17.9. The smallest absolute Gasteiger partial charge is 0.293 e. The van der Waals surface area contributed by atoms with Gasteiger partial charge in [0.25, 0.3) is 5.95 Å². The zero-order valence-electron chi connectivity index (χ0n) is 17.9. The maximum atomic E-state index is 13.4. The summed E-state index contributed by atoms with van der Waals surface area (Å²) in [5, 5.41) is 25.9. The molecule has 0 aliphatic carbocycles. The fourth-order valence-electron chi connectivity index (χ4n) is 3.78. The molecule has 1 aliphatic rings. The number of rotatable bonds is 3. The summed E-state index contributed by atoms with van der Waals surface area (Å²) in [7, 11) is 0. The quantitative estimate of drug-likeness (QED) is 0.605. The average Bonchev–Trinajstić information content (AvgIpc) is 3.19. The number of nitrogens with zero attached hydrogens (tertiary/aromatic N) is 6. The van der Waals surface area contributed by atoms with Crippen molar-refractivity contribution < 1.29 is 18.0 Å². The normalized spacial score (nSPS) is 15.4. The number of hydrogen-bond donors (Lipinski definition) is 1. The van der Waals surface area contributed by atoms with Crippen LogP contribution in [0.2, 0.25) is 0 Å². The summed E-state index contributed by atoms with van der Waals surface area (Å²) in [5.74, 6) is -0.446. The number of carbonyl (C=O) groups is 1. The number of amides is 1. The number of allylic oxidation sites excluding steroid dienone is 2. The number of benzene rings is 2. The van der Waals surface area contributed by atoms with Gasteiger partial charge in [-0.3, -0.25) is 15.0 Å². The molecule has 0 saturated heterocycles. The highest BCUT2D eigenvalue weighted by Gasteiger charge is 2.37. The molecular formula is C23H16F3N7O. The number of hydrogen-bond acceptors (Lipinski definition) is 6. The number of anilines is 3. The number of halogens is 3. The first-order chi connectivity index (χ1) is 16.1. The maximum Gasteiger partial charge on any atom is 0.416 e. The molecule has 4 rings (SSSR count). The van der Waals surface area contributed by atoms with Gasteiger partial charge in [-0.2, -0.15) is 28.7 Å². The third kappa shape index (κ3) is 3.95. The highest BCUT2D eigenvalue weighted by Crippen LogP contribution is 2.43. The zero-order chi connectivity index (χ0) is 24.6. The van der Waals surface area contributed by atoms with Crippen molar-refractivity contribution in [3.63, 3.8) is 0 Å². The summed E-state index contributed by atoms with van der Waals surface area (Å²) in [6.07, 6.45) is -4.59. The fourth-order valence-corrected chi connectivity index (χ4v) is 3.78. The lowest BCUT2D eigenvalue weighted by atomic mass is 9.95. The molecule has 34 heavy (non-hydrogen) atoms. The molecule has 3 aromatic rings. The summed E-state index contributed by atoms with van der Waals surface area (Å²) in [6.45, 7) is 2.94. The van der Waals surface area contributed by atoms with Crippen LogP contribution >= 0.6 is 0 Å². The molecule has 0 bridgehead atoms. The van der Waals surface area contributed by atoms with Gasteiger partial charge >= 0.3 is 6.18 Å². The molecule has 1 unspecified atom stereocenters. The van der Waals surface area contributed by atoms with E-state index in [-0.39, 0.29) is 23.3 Å². The van der Waals surface area contributed by atoms with Gasteiger partial charge in [-0.1, -0.05) is 18.2 Å². The van der Waals surface area contributed by atoms with E-state index in [1.807, 2.05) is 6.07 Å². The molecule has 2 aromatic carbocycles. The summed E-state index contributed by atoms with van der Waals surface area (Å²) in [6, 6.07) is 14.6. The van der Waals surface area contributed by atoms with Gasteiger partial charge in [0.1, 0.15) is 17.8 Å². The largest absolute Gasteiger partial charge is 0.416 e. The van der Waals surface area contributed by atoms with E-state index >= 15 is 0 Å². The van der Waals surface area contributed by atoms with Crippen molar-refractivity contribution in [2.75, 3.05) is 10.2 Å². The summed E-state index contributed by atoms with van der Waals surface area (Å²) in [4.78, 5) is 17.2. The van der Waals surface area contributed by atoms with Crippen molar-refractivity contribution in [2.45, 2.75) is 26.1 Å². The topological polar surface area (TPSA) is 111 Å². The highest BCUT2D eigenvalue weighted by atomic mass is 19.4. The van der Waals surface area contributed by atoms with Crippen LogP contribution in [0.5, 0.6) is 0 Å². The summed E-state index contributed by atoms with van der Waals surface area (Å²) in [5.41, 5.74) is 0.854. The Labute approximate surface area is 192 Å². The SMILES string of the molecule is CC(=O)Nc1nc2n(n1)C(c1ccc(C#N)cc1)C(C)=C(C#N)N2c1cccc(C(F)(F)F)c1. The Kier molecular flexibility index (Phi) is 5.55. The van der Waals surface area contributed by atoms with E-state index in [9.17, 15) is 23.2 Å². The van der Waals surface area contributed by atoms with Crippen LogP contribution < -0.4 is 10.2 Å². The van der Waals surface area contributed by atoms with Gasteiger partial charge in [0.15, 0.2) is 0 Å². The minimum atomic E-state index is -4.59. The lowest BCUT2D eigenvalue weighted by molar-refractivity contribution is -0.137. The van der Waals surface area contributed by atoms with Crippen LogP contribution in [0, 0.1) is 22.7 Å². The molecule has 1 aromatic heterocycles. The standard InChI is InChI=1S/C23H16F3N7O/c1-13-19(12-28)32(18-5-3-4-17(10-18)23(24,25)26)22-30-21(29-14(2)34)31-33(22)20(13)16-8-6-15(11-27)7-9-16/h3-10,20H,1-2H3,(H,29,31,34). The number of aromatic nitrogens is 3. The summed E-state index contributed by atoms with van der Waals surface area (Å²) < 4.78 is 41.6. The number of nitrogens with one attached hydrogen (secondary N) is 1. The van der Waals surface area contributed by atoms with Crippen molar-refractivity contribution in [2.24, 2.45) is 0 Å². The summed E-state index contributed by atoms with van der Waals surface area (Å²) >= 11 is 0. The lowest BCUT2D eigenvalue weighted by Gasteiger charge is -2.33. The van der Waals surface area contributed by atoms with Crippen molar-refractivity contribution in [1.82, 2.24) is 14.8 Å². The van der Waals surface area contributed by atoms with Crippen LogP contribution in [0.25, 0.3) is 0 Å². The van der Waals surface area contributed by atoms with E-state index in [4.69, 9.17) is 5.26 Å². The Morgan fingerprint density at radius 1 is 1.12 bits per heavy atom. The molecule has 0 fully saturated rings. The van der Waals surface area contributed by atoms with E-state index in [0.29, 0.717) is 16.7 Å². The third-order valence-corrected chi connectivity index (χ3v) is 5.25. The van der Waals surface area contributed by atoms with Gasteiger partial charge in [-0.25, -0.2) is 4.68 Å². The van der Waals surface area contributed by atoms with Gasteiger partial charge in [-0.15, -0.1) is 5.10 Å². The number of alkyl halides is 3. The second-order valence-corrected chi connectivity index (χ2v) is 7.52. The van der Waals surface area contributed by atoms with Gasteiger partial charge in [0, 0.05) is 6.92 Å². The molecular weight excluding hydrogens is 447 g/mol. The van der Waals surface area contributed by atoms with E-state index in [1.54, 1.807) is 31.2 Å². The van der Waals surface area contributed by atoms with Crippen molar-refractivity contribution >= 4 is 23.5 Å². The first-order valence-electron chi connectivity index (χ1n) is 9.96. The number of carbonyl (C=O) groups excluding carboxylic acids is 1. The third-order valence-electron chi connectivity index (χ3n) is 5.25. The van der Waals surface area contributed by atoms with E-state index in [2.05, 4.69) is 21.5 Å². The predicted octanol–water partition coefficient (Wildman–Crippen LogP) is 4.67. The highest BCUT2D eigenvalue weighted by molar-refractivity contribution is 5.87.